The van der Waals surface area contributed by atoms with Crippen molar-refractivity contribution in [3.63, 3.8) is 0 Å². The van der Waals surface area contributed by atoms with Gasteiger partial charge in [-0.1, -0.05) is 6.92 Å². The normalized spacial score (nSPS) is 19.6. The Bertz CT molecular complexity index is 598. The molecule has 0 aliphatic carbocycles. The number of nitrogens with two attached hydrogens (primary N) is 1. The van der Waals surface area contributed by atoms with E-state index in [1.165, 1.54) is 19.5 Å². The van der Waals surface area contributed by atoms with Gasteiger partial charge in [-0.3, -0.25) is 0 Å². The first-order chi connectivity index (χ1) is 9.76. The summed E-state index contributed by atoms with van der Waals surface area (Å²) in [6.45, 7) is 6.72. The second kappa shape index (κ2) is 5.63. The number of hydrogen-bond donors (Lipinski definition) is 2. The van der Waals surface area contributed by atoms with Crippen LogP contribution in [0.2, 0.25) is 0 Å². The number of nitrogens with zero attached hydrogens (tertiary/aromatic N) is 3. The molecule has 5 nitrogen and oxygen atoms in total. The van der Waals surface area contributed by atoms with Gasteiger partial charge < -0.3 is 16.0 Å². The number of aromatic nitrogens is 2. The molecule has 0 bridgehead atoms. The highest BCUT2D eigenvalue weighted by molar-refractivity contribution is 5.90. The van der Waals surface area contributed by atoms with Crippen LogP contribution in [0.25, 0.3) is 10.9 Å². The molecule has 1 aliphatic rings. The van der Waals surface area contributed by atoms with Crippen molar-refractivity contribution in [1.29, 1.82) is 0 Å². The first-order valence-corrected chi connectivity index (χ1v) is 7.22. The van der Waals surface area contributed by atoms with Crippen LogP contribution in [0, 0.1) is 5.92 Å². The van der Waals surface area contributed by atoms with E-state index in [0.717, 1.165) is 35.5 Å². The third-order valence-electron chi connectivity index (χ3n) is 4.04. The predicted octanol–water partition coefficient (Wildman–Crippen LogP) is 1.97. The lowest BCUT2D eigenvalue weighted by atomic mass is 10.1. The zero-order chi connectivity index (χ0) is 13.9. The van der Waals surface area contributed by atoms with Crippen molar-refractivity contribution in [2.24, 2.45) is 5.92 Å². The average molecular weight is 271 g/mol. The van der Waals surface area contributed by atoms with E-state index in [1.807, 2.05) is 18.2 Å². The maximum atomic E-state index is 5.79. The van der Waals surface area contributed by atoms with E-state index >= 15 is 0 Å². The van der Waals surface area contributed by atoms with Crippen molar-refractivity contribution in [1.82, 2.24) is 14.9 Å². The van der Waals surface area contributed by atoms with Gasteiger partial charge in [0.05, 0.1) is 5.52 Å². The first kappa shape index (κ1) is 13.1. The lowest BCUT2D eigenvalue weighted by Gasteiger charge is -2.14. The molecule has 1 unspecified atom stereocenters. The largest absolute Gasteiger partial charge is 0.399 e. The van der Waals surface area contributed by atoms with Crippen molar-refractivity contribution < 1.29 is 0 Å². The van der Waals surface area contributed by atoms with Gasteiger partial charge >= 0.3 is 0 Å². The molecule has 5 heteroatoms. The third-order valence-corrected chi connectivity index (χ3v) is 4.04. The lowest BCUT2D eigenvalue weighted by Crippen LogP contribution is -2.22. The molecular formula is C15H21N5. The average Bonchev–Trinajstić information content (AvgIpc) is 2.92. The molecule has 0 radical (unpaired) electrons. The Hall–Kier alpha value is -1.88. The topological polar surface area (TPSA) is 67.1 Å². The minimum Gasteiger partial charge on any atom is -0.399 e. The van der Waals surface area contributed by atoms with Gasteiger partial charge in [0.25, 0.3) is 0 Å². The van der Waals surface area contributed by atoms with E-state index in [0.29, 0.717) is 5.92 Å². The van der Waals surface area contributed by atoms with E-state index < -0.39 is 0 Å². The van der Waals surface area contributed by atoms with Crippen LogP contribution in [0.4, 0.5) is 11.5 Å². The van der Waals surface area contributed by atoms with E-state index in [4.69, 9.17) is 5.73 Å². The van der Waals surface area contributed by atoms with Crippen molar-refractivity contribution in [2.75, 3.05) is 37.2 Å². The van der Waals surface area contributed by atoms with Gasteiger partial charge in [0, 0.05) is 24.2 Å². The maximum absolute atomic E-state index is 5.79. The molecule has 2 aromatic rings. The third kappa shape index (κ3) is 2.67. The smallest absolute Gasteiger partial charge is 0.137 e. The summed E-state index contributed by atoms with van der Waals surface area (Å²) < 4.78 is 0. The van der Waals surface area contributed by atoms with Crippen LogP contribution in [0.5, 0.6) is 0 Å². The predicted molar refractivity (Wildman–Crippen MR) is 82.7 cm³/mol. The molecule has 20 heavy (non-hydrogen) atoms. The van der Waals surface area contributed by atoms with Gasteiger partial charge in [0.2, 0.25) is 0 Å². The molecule has 1 aromatic carbocycles. The zero-order valence-electron chi connectivity index (χ0n) is 11.8. The fourth-order valence-electron chi connectivity index (χ4n) is 2.82. The zero-order valence-corrected chi connectivity index (χ0v) is 11.8. The summed E-state index contributed by atoms with van der Waals surface area (Å²) in [5.41, 5.74) is 7.42. The minimum absolute atomic E-state index is 0.703. The van der Waals surface area contributed by atoms with Gasteiger partial charge in [-0.05, 0) is 43.6 Å². The molecule has 3 N–H and O–H groups in total. The summed E-state index contributed by atoms with van der Waals surface area (Å²) in [6.07, 6.45) is 2.86. The summed E-state index contributed by atoms with van der Waals surface area (Å²) in [4.78, 5) is 11.1. The molecule has 0 spiro atoms. The Morgan fingerprint density at radius 3 is 3.10 bits per heavy atom. The summed E-state index contributed by atoms with van der Waals surface area (Å²) in [5.74, 6) is 1.61. The molecule has 1 saturated heterocycles. The second-order valence-electron chi connectivity index (χ2n) is 5.43. The fourth-order valence-corrected chi connectivity index (χ4v) is 2.82. The van der Waals surface area contributed by atoms with Crippen LogP contribution in [-0.2, 0) is 0 Å². The van der Waals surface area contributed by atoms with E-state index in [-0.39, 0.29) is 0 Å². The molecule has 0 amide bonds. The number of nitrogen functional groups attached to an aromatic ring is 1. The number of rotatable bonds is 4. The van der Waals surface area contributed by atoms with Crippen molar-refractivity contribution in [2.45, 2.75) is 13.3 Å². The summed E-state index contributed by atoms with van der Waals surface area (Å²) in [6, 6.07) is 5.77. The number of nitrogens with one attached hydrogen (secondary N) is 1. The molecule has 1 atom stereocenters. The monoisotopic (exact) mass is 271 g/mol. The Balaban J connectivity index is 1.72. The highest BCUT2D eigenvalue weighted by Crippen LogP contribution is 2.22. The van der Waals surface area contributed by atoms with E-state index in [2.05, 4.69) is 27.1 Å². The van der Waals surface area contributed by atoms with Gasteiger partial charge in [0.1, 0.15) is 12.1 Å². The molecule has 1 fully saturated rings. The number of benzene rings is 1. The van der Waals surface area contributed by atoms with Crippen LogP contribution in [0.1, 0.15) is 13.3 Å². The molecule has 2 heterocycles. The highest BCUT2D eigenvalue weighted by Gasteiger charge is 2.21. The number of hydrogen-bond acceptors (Lipinski definition) is 5. The molecule has 106 valence electrons. The molecule has 3 rings (SSSR count). The Morgan fingerprint density at radius 1 is 1.40 bits per heavy atom. The first-order valence-electron chi connectivity index (χ1n) is 7.22. The van der Waals surface area contributed by atoms with Gasteiger partial charge in [-0.2, -0.15) is 0 Å². The minimum atomic E-state index is 0.703. The van der Waals surface area contributed by atoms with Gasteiger partial charge in [-0.25, -0.2) is 9.97 Å². The molecular weight excluding hydrogens is 250 g/mol. The standard InChI is InChI=1S/C15H21N5/c1-2-20-6-5-11(9-20)8-17-15-13-4-3-12(16)7-14(13)18-10-19-15/h3-4,7,10-11H,2,5-6,8-9,16H2,1H3,(H,17,18,19). The SMILES string of the molecule is CCN1CCC(CNc2ncnc3cc(N)ccc23)C1. The van der Waals surface area contributed by atoms with Gasteiger partial charge in [-0.15, -0.1) is 0 Å². The molecule has 1 aliphatic heterocycles. The number of anilines is 2. The fraction of sp³-hybridized carbons (Fsp3) is 0.467. The van der Waals surface area contributed by atoms with Crippen molar-refractivity contribution in [3.05, 3.63) is 24.5 Å². The number of fused-ring (bicyclic) bond motifs is 1. The van der Waals surface area contributed by atoms with Crippen LogP contribution >= 0.6 is 0 Å². The molecule has 1 aromatic heterocycles. The van der Waals surface area contributed by atoms with E-state index in [9.17, 15) is 0 Å². The lowest BCUT2D eigenvalue weighted by molar-refractivity contribution is 0.345. The van der Waals surface area contributed by atoms with Crippen molar-refractivity contribution >= 4 is 22.4 Å². The quantitative estimate of drug-likeness (QED) is 0.832. The Morgan fingerprint density at radius 2 is 2.30 bits per heavy atom. The highest BCUT2D eigenvalue weighted by atomic mass is 15.1. The van der Waals surface area contributed by atoms with Crippen LogP contribution in [-0.4, -0.2) is 41.0 Å². The maximum Gasteiger partial charge on any atom is 0.137 e. The Labute approximate surface area is 119 Å². The van der Waals surface area contributed by atoms with Gasteiger partial charge in [0.15, 0.2) is 0 Å². The summed E-state index contributed by atoms with van der Waals surface area (Å²) >= 11 is 0. The summed E-state index contributed by atoms with van der Waals surface area (Å²) in [7, 11) is 0. The summed E-state index contributed by atoms with van der Waals surface area (Å²) in [5, 5.41) is 4.51. The number of likely N-dealkylation sites (tertiary alicyclic amines) is 1. The van der Waals surface area contributed by atoms with Crippen LogP contribution in [0.15, 0.2) is 24.5 Å². The van der Waals surface area contributed by atoms with Crippen LogP contribution < -0.4 is 11.1 Å². The molecule has 0 saturated carbocycles. The van der Waals surface area contributed by atoms with Crippen LogP contribution in [0.3, 0.4) is 0 Å². The van der Waals surface area contributed by atoms with Crippen molar-refractivity contribution in [3.8, 4) is 0 Å². The van der Waals surface area contributed by atoms with E-state index in [1.54, 1.807) is 6.33 Å². The Kier molecular flexibility index (Phi) is 3.69. The second-order valence-corrected chi connectivity index (χ2v) is 5.43.